The quantitative estimate of drug-likeness (QED) is 0.592. The molecular weight excluding hydrogens is 180 g/mol. The molecule has 1 saturated carbocycles. The first-order valence-electron chi connectivity index (χ1n) is 5.10. The minimum Gasteiger partial charge on any atom is -0.392 e. The predicted molar refractivity (Wildman–Crippen MR) is 54.9 cm³/mol. The molecule has 0 bridgehead atoms. The third-order valence-electron chi connectivity index (χ3n) is 3.15. The lowest BCUT2D eigenvalue weighted by Crippen LogP contribution is -2.61. The number of aliphatic hydroxyl groups excluding tert-OH is 1. The molecular formula is C10H20N2O2. The van der Waals surface area contributed by atoms with E-state index in [4.69, 9.17) is 0 Å². The number of hydrogen-bond acceptors (Lipinski definition) is 3. The molecule has 2 unspecified atom stereocenters. The summed E-state index contributed by atoms with van der Waals surface area (Å²) in [4.78, 5) is 11.4. The van der Waals surface area contributed by atoms with Crippen LogP contribution in [-0.2, 0) is 4.79 Å². The standard InChI is InChI=1S/C10H20N2O2/c1-10(2)7(6-8(10)13)12-9(14)4-5-11-3/h7-8,11,13H,4-6H2,1-3H3,(H,12,14). The summed E-state index contributed by atoms with van der Waals surface area (Å²) in [6.07, 6.45) is 0.898. The van der Waals surface area contributed by atoms with Gasteiger partial charge in [-0.1, -0.05) is 13.8 Å². The van der Waals surface area contributed by atoms with Crippen molar-refractivity contribution in [3.05, 3.63) is 0 Å². The topological polar surface area (TPSA) is 61.4 Å². The van der Waals surface area contributed by atoms with Crippen molar-refractivity contribution in [2.24, 2.45) is 5.41 Å². The molecule has 82 valence electrons. The summed E-state index contributed by atoms with van der Waals surface area (Å²) in [5.41, 5.74) is -0.171. The summed E-state index contributed by atoms with van der Waals surface area (Å²) >= 11 is 0. The molecule has 1 rings (SSSR count). The van der Waals surface area contributed by atoms with E-state index < -0.39 is 0 Å². The van der Waals surface area contributed by atoms with E-state index in [2.05, 4.69) is 10.6 Å². The van der Waals surface area contributed by atoms with E-state index in [0.717, 1.165) is 0 Å². The predicted octanol–water partition coefficient (Wildman–Crippen LogP) is -0.128. The molecule has 1 amide bonds. The van der Waals surface area contributed by atoms with Crippen molar-refractivity contribution in [2.75, 3.05) is 13.6 Å². The van der Waals surface area contributed by atoms with Crippen LogP contribution in [0.15, 0.2) is 0 Å². The van der Waals surface area contributed by atoms with Crippen LogP contribution in [0.4, 0.5) is 0 Å². The Balaban J connectivity index is 2.29. The summed E-state index contributed by atoms with van der Waals surface area (Å²) in [7, 11) is 1.82. The van der Waals surface area contributed by atoms with Gasteiger partial charge in [0.15, 0.2) is 0 Å². The molecule has 0 aromatic heterocycles. The Morgan fingerprint density at radius 3 is 2.64 bits per heavy atom. The molecule has 0 saturated heterocycles. The molecule has 4 heteroatoms. The molecule has 1 fully saturated rings. The normalized spacial score (nSPS) is 29.4. The van der Waals surface area contributed by atoms with E-state index in [1.165, 1.54) is 0 Å². The zero-order valence-corrected chi connectivity index (χ0v) is 9.13. The average Bonchev–Trinajstić information content (AvgIpc) is 2.14. The van der Waals surface area contributed by atoms with Crippen LogP contribution in [0.2, 0.25) is 0 Å². The van der Waals surface area contributed by atoms with Gasteiger partial charge in [0.1, 0.15) is 0 Å². The highest BCUT2D eigenvalue weighted by molar-refractivity contribution is 5.76. The highest BCUT2D eigenvalue weighted by atomic mass is 16.3. The molecule has 0 aromatic rings. The Morgan fingerprint density at radius 1 is 1.57 bits per heavy atom. The van der Waals surface area contributed by atoms with Gasteiger partial charge in [-0.25, -0.2) is 0 Å². The first kappa shape index (κ1) is 11.5. The third kappa shape index (κ3) is 2.25. The fourth-order valence-corrected chi connectivity index (χ4v) is 1.65. The van der Waals surface area contributed by atoms with Crippen LogP contribution >= 0.6 is 0 Å². The van der Waals surface area contributed by atoms with Crippen molar-refractivity contribution in [3.8, 4) is 0 Å². The number of carbonyl (C=O) groups excluding carboxylic acids is 1. The second-order valence-corrected chi connectivity index (χ2v) is 4.55. The van der Waals surface area contributed by atoms with E-state index in [9.17, 15) is 9.90 Å². The van der Waals surface area contributed by atoms with Gasteiger partial charge in [-0.15, -0.1) is 0 Å². The van der Waals surface area contributed by atoms with Gasteiger partial charge in [0.2, 0.25) is 5.91 Å². The van der Waals surface area contributed by atoms with Crippen molar-refractivity contribution in [3.63, 3.8) is 0 Å². The maximum atomic E-state index is 11.4. The zero-order chi connectivity index (χ0) is 10.8. The summed E-state index contributed by atoms with van der Waals surface area (Å²) in [5, 5.41) is 15.3. The monoisotopic (exact) mass is 200 g/mol. The van der Waals surface area contributed by atoms with Crippen molar-refractivity contribution in [2.45, 2.75) is 38.8 Å². The van der Waals surface area contributed by atoms with Gasteiger partial charge in [0.05, 0.1) is 6.10 Å². The van der Waals surface area contributed by atoms with Crippen LogP contribution in [0.1, 0.15) is 26.7 Å². The maximum Gasteiger partial charge on any atom is 0.221 e. The second-order valence-electron chi connectivity index (χ2n) is 4.55. The van der Waals surface area contributed by atoms with Crippen LogP contribution in [-0.4, -0.2) is 36.8 Å². The lowest BCUT2D eigenvalue weighted by Gasteiger charge is -2.49. The van der Waals surface area contributed by atoms with Crippen LogP contribution < -0.4 is 10.6 Å². The van der Waals surface area contributed by atoms with E-state index in [1.54, 1.807) is 0 Å². The molecule has 2 atom stereocenters. The van der Waals surface area contributed by atoms with Crippen LogP contribution in [0.25, 0.3) is 0 Å². The number of rotatable bonds is 4. The molecule has 0 heterocycles. The molecule has 1 aliphatic rings. The maximum absolute atomic E-state index is 11.4. The van der Waals surface area contributed by atoms with Crippen molar-refractivity contribution >= 4 is 5.91 Å². The molecule has 14 heavy (non-hydrogen) atoms. The van der Waals surface area contributed by atoms with E-state index in [-0.39, 0.29) is 23.5 Å². The Hall–Kier alpha value is -0.610. The van der Waals surface area contributed by atoms with Crippen molar-refractivity contribution < 1.29 is 9.90 Å². The Bertz CT molecular complexity index is 216. The first-order valence-corrected chi connectivity index (χ1v) is 5.10. The Labute approximate surface area is 85.1 Å². The lowest BCUT2D eigenvalue weighted by atomic mass is 9.64. The number of hydrogen-bond donors (Lipinski definition) is 3. The van der Waals surface area contributed by atoms with E-state index in [0.29, 0.717) is 19.4 Å². The second kappa shape index (κ2) is 4.28. The minimum atomic E-state index is -0.280. The number of carbonyl (C=O) groups is 1. The van der Waals surface area contributed by atoms with Gasteiger partial charge in [0, 0.05) is 24.4 Å². The fraction of sp³-hybridized carbons (Fsp3) is 0.900. The number of amides is 1. The summed E-state index contributed by atoms with van der Waals surface area (Å²) in [6.45, 7) is 4.65. The van der Waals surface area contributed by atoms with Crippen molar-refractivity contribution in [1.82, 2.24) is 10.6 Å². The largest absolute Gasteiger partial charge is 0.392 e. The third-order valence-corrected chi connectivity index (χ3v) is 3.15. The van der Waals surface area contributed by atoms with Gasteiger partial charge >= 0.3 is 0 Å². The number of nitrogens with one attached hydrogen (secondary N) is 2. The van der Waals surface area contributed by atoms with Gasteiger partial charge in [-0.2, -0.15) is 0 Å². The molecule has 1 aliphatic carbocycles. The molecule has 0 aliphatic heterocycles. The van der Waals surface area contributed by atoms with Crippen LogP contribution in [0, 0.1) is 5.41 Å². The summed E-state index contributed by atoms with van der Waals surface area (Å²) < 4.78 is 0. The van der Waals surface area contributed by atoms with Crippen LogP contribution in [0.3, 0.4) is 0 Å². The van der Waals surface area contributed by atoms with Crippen LogP contribution in [0.5, 0.6) is 0 Å². The minimum absolute atomic E-state index is 0.0596. The molecule has 4 nitrogen and oxygen atoms in total. The highest BCUT2D eigenvalue weighted by Crippen LogP contribution is 2.40. The van der Waals surface area contributed by atoms with Gasteiger partial charge in [0.25, 0.3) is 0 Å². The summed E-state index contributed by atoms with van der Waals surface area (Å²) in [5.74, 6) is 0.0596. The van der Waals surface area contributed by atoms with Gasteiger partial charge < -0.3 is 15.7 Å². The fourth-order valence-electron chi connectivity index (χ4n) is 1.65. The lowest BCUT2D eigenvalue weighted by molar-refractivity contribution is -0.129. The molecule has 3 N–H and O–H groups in total. The van der Waals surface area contributed by atoms with Gasteiger partial charge in [-0.05, 0) is 13.5 Å². The SMILES string of the molecule is CNCCC(=O)NC1CC(O)C1(C)C. The Morgan fingerprint density at radius 2 is 2.21 bits per heavy atom. The average molecular weight is 200 g/mol. The van der Waals surface area contributed by atoms with E-state index in [1.807, 2.05) is 20.9 Å². The van der Waals surface area contributed by atoms with E-state index >= 15 is 0 Å². The first-order chi connectivity index (χ1) is 6.48. The molecule has 0 aromatic carbocycles. The smallest absolute Gasteiger partial charge is 0.221 e. The molecule has 0 spiro atoms. The zero-order valence-electron chi connectivity index (χ0n) is 9.13. The molecule has 0 radical (unpaired) electrons. The highest BCUT2D eigenvalue weighted by Gasteiger charge is 2.47. The Kier molecular flexibility index (Phi) is 3.50. The summed E-state index contributed by atoms with van der Waals surface area (Å²) in [6, 6.07) is 0.127. The van der Waals surface area contributed by atoms with Crippen molar-refractivity contribution in [1.29, 1.82) is 0 Å². The number of aliphatic hydroxyl groups is 1. The van der Waals surface area contributed by atoms with Gasteiger partial charge in [-0.3, -0.25) is 4.79 Å².